The highest BCUT2D eigenvalue weighted by atomic mass is 35.5. The molecule has 3 heterocycles. The van der Waals surface area contributed by atoms with E-state index < -0.39 is 6.09 Å². The minimum absolute atomic E-state index is 0.0404. The summed E-state index contributed by atoms with van der Waals surface area (Å²) < 4.78 is 13.4. The highest BCUT2D eigenvalue weighted by molar-refractivity contribution is 6.32. The molecule has 0 bridgehead atoms. The van der Waals surface area contributed by atoms with Crippen LogP contribution >= 0.6 is 11.6 Å². The summed E-state index contributed by atoms with van der Waals surface area (Å²) >= 11 is 6.52. The molecule has 6 rings (SSSR count). The summed E-state index contributed by atoms with van der Waals surface area (Å²) in [5, 5.41) is 16.4. The van der Waals surface area contributed by atoms with Gasteiger partial charge in [-0.1, -0.05) is 41.9 Å². The quantitative estimate of drug-likeness (QED) is 0.280. The Morgan fingerprint density at radius 3 is 2.20 bits per heavy atom. The van der Waals surface area contributed by atoms with Crippen molar-refractivity contribution in [2.75, 3.05) is 31.5 Å². The molecule has 238 valence electrons. The van der Waals surface area contributed by atoms with Crippen molar-refractivity contribution < 1.29 is 19.1 Å². The zero-order chi connectivity index (χ0) is 31.3. The zero-order valence-electron chi connectivity index (χ0n) is 25.3. The van der Waals surface area contributed by atoms with Crippen molar-refractivity contribution >= 4 is 29.5 Å². The number of carbonyl (C=O) groups is 2. The molecular weight excluding hydrogens is 595 g/mol. The molecule has 2 aliphatic heterocycles. The topological polar surface area (TPSA) is 111 Å². The summed E-state index contributed by atoms with van der Waals surface area (Å²) in [5.74, 6) is 0.458. The second kappa shape index (κ2) is 14.1. The van der Waals surface area contributed by atoms with Crippen LogP contribution in [0.2, 0.25) is 5.02 Å². The maximum atomic E-state index is 13.4. The summed E-state index contributed by atoms with van der Waals surface area (Å²) in [5.41, 5.74) is 3.34. The van der Waals surface area contributed by atoms with Gasteiger partial charge < -0.3 is 25.5 Å². The fourth-order valence-corrected chi connectivity index (χ4v) is 7.16. The van der Waals surface area contributed by atoms with Gasteiger partial charge in [0.1, 0.15) is 5.82 Å². The molecule has 1 aliphatic carbocycles. The lowest BCUT2D eigenvalue weighted by Gasteiger charge is -2.41. The highest BCUT2D eigenvalue weighted by Crippen LogP contribution is 2.31. The van der Waals surface area contributed by atoms with Crippen molar-refractivity contribution in [3.05, 3.63) is 65.6 Å². The molecule has 0 unspecified atom stereocenters. The number of benzene rings is 2. The molecular formula is C34H40ClFN6O3. The van der Waals surface area contributed by atoms with E-state index in [4.69, 9.17) is 16.6 Å². The third kappa shape index (κ3) is 7.73. The third-order valence-electron chi connectivity index (χ3n) is 9.62. The zero-order valence-corrected chi connectivity index (χ0v) is 26.1. The fourth-order valence-electron chi connectivity index (χ4n) is 6.96. The summed E-state index contributed by atoms with van der Waals surface area (Å²) in [6, 6.07) is 15.0. The Morgan fingerprint density at radius 2 is 1.51 bits per heavy atom. The number of likely N-dealkylation sites (tertiary alicyclic amines) is 2. The van der Waals surface area contributed by atoms with Crippen LogP contribution in [0.1, 0.15) is 51.4 Å². The van der Waals surface area contributed by atoms with Gasteiger partial charge in [0.15, 0.2) is 0 Å². The molecule has 3 N–H and O–H groups in total. The predicted molar refractivity (Wildman–Crippen MR) is 173 cm³/mol. The van der Waals surface area contributed by atoms with Crippen molar-refractivity contribution in [1.29, 1.82) is 0 Å². The molecule has 9 nitrogen and oxygen atoms in total. The molecule has 1 saturated carbocycles. The van der Waals surface area contributed by atoms with E-state index in [-0.39, 0.29) is 29.7 Å². The van der Waals surface area contributed by atoms with Crippen LogP contribution < -0.4 is 10.6 Å². The molecule has 3 aromatic rings. The monoisotopic (exact) mass is 634 g/mol. The van der Waals surface area contributed by atoms with Gasteiger partial charge in [-0.15, -0.1) is 0 Å². The average molecular weight is 635 g/mol. The lowest BCUT2D eigenvalue weighted by molar-refractivity contribution is -0.127. The van der Waals surface area contributed by atoms with E-state index in [2.05, 4.69) is 20.5 Å². The lowest BCUT2D eigenvalue weighted by atomic mass is 9.89. The Hall–Kier alpha value is -3.76. The van der Waals surface area contributed by atoms with Gasteiger partial charge >= 0.3 is 6.09 Å². The van der Waals surface area contributed by atoms with Crippen molar-refractivity contribution in [3.8, 4) is 22.4 Å². The number of halogens is 2. The Bertz CT molecular complexity index is 1480. The first-order valence-electron chi connectivity index (χ1n) is 16.0. The SMILES string of the molecule is O=C(NC1CCC(Nc2ncc(Cl)c(-c3cccc(-c4ccc(F)cc4)c3)n2)CC1)C1CCN(C2CCN(C(=O)O)CC2)CC1. The van der Waals surface area contributed by atoms with E-state index in [1.54, 1.807) is 18.3 Å². The molecule has 3 aliphatic rings. The molecule has 11 heteroatoms. The van der Waals surface area contributed by atoms with Gasteiger partial charge in [-0.05, 0) is 93.8 Å². The van der Waals surface area contributed by atoms with Gasteiger partial charge in [-0.2, -0.15) is 0 Å². The summed E-state index contributed by atoms with van der Waals surface area (Å²) in [4.78, 5) is 37.4. The van der Waals surface area contributed by atoms with E-state index in [0.29, 0.717) is 35.8 Å². The van der Waals surface area contributed by atoms with Gasteiger partial charge in [0.2, 0.25) is 11.9 Å². The van der Waals surface area contributed by atoms with Gasteiger partial charge in [0.25, 0.3) is 0 Å². The van der Waals surface area contributed by atoms with Crippen molar-refractivity contribution in [2.24, 2.45) is 5.92 Å². The largest absolute Gasteiger partial charge is 0.465 e. The molecule has 0 radical (unpaired) electrons. The van der Waals surface area contributed by atoms with Crippen LogP contribution in [0.3, 0.4) is 0 Å². The first-order chi connectivity index (χ1) is 21.8. The van der Waals surface area contributed by atoms with Crippen molar-refractivity contribution in [3.63, 3.8) is 0 Å². The molecule has 3 fully saturated rings. The molecule has 2 aromatic carbocycles. The number of piperidine rings is 2. The van der Waals surface area contributed by atoms with E-state index in [1.165, 1.54) is 17.0 Å². The van der Waals surface area contributed by atoms with Crippen LogP contribution in [0, 0.1) is 11.7 Å². The van der Waals surface area contributed by atoms with Gasteiger partial charge in [-0.25, -0.2) is 19.2 Å². The lowest BCUT2D eigenvalue weighted by Crippen LogP contribution is -2.50. The van der Waals surface area contributed by atoms with Crippen LogP contribution in [-0.4, -0.2) is 81.2 Å². The molecule has 2 saturated heterocycles. The van der Waals surface area contributed by atoms with Gasteiger partial charge in [0, 0.05) is 42.7 Å². The van der Waals surface area contributed by atoms with Gasteiger partial charge in [0.05, 0.1) is 16.9 Å². The van der Waals surface area contributed by atoms with E-state index in [9.17, 15) is 19.1 Å². The molecule has 45 heavy (non-hydrogen) atoms. The number of nitrogens with one attached hydrogen (secondary N) is 2. The number of carbonyl (C=O) groups excluding carboxylic acids is 1. The van der Waals surface area contributed by atoms with E-state index in [0.717, 1.165) is 81.1 Å². The van der Waals surface area contributed by atoms with Crippen LogP contribution in [-0.2, 0) is 4.79 Å². The number of nitrogens with zero attached hydrogens (tertiary/aromatic N) is 4. The number of hydrogen-bond donors (Lipinski definition) is 3. The predicted octanol–water partition coefficient (Wildman–Crippen LogP) is 6.30. The average Bonchev–Trinajstić information content (AvgIpc) is 3.07. The van der Waals surface area contributed by atoms with Crippen molar-refractivity contribution in [2.45, 2.75) is 69.5 Å². The molecule has 0 atom stereocenters. The third-order valence-corrected chi connectivity index (χ3v) is 9.89. The van der Waals surface area contributed by atoms with Crippen LogP contribution in [0.25, 0.3) is 22.4 Å². The number of aromatic nitrogens is 2. The summed E-state index contributed by atoms with van der Waals surface area (Å²) in [7, 11) is 0. The first kappa shape index (κ1) is 31.2. The smallest absolute Gasteiger partial charge is 0.407 e. The second-order valence-corrected chi connectivity index (χ2v) is 12.9. The van der Waals surface area contributed by atoms with E-state index in [1.807, 2.05) is 24.3 Å². The van der Waals surface area contributed by atoms with Gasteiger partial charge in [-0.3, -0.25) is 4.79 Å². The minimum Gasteiger partial charge on any atom is -0.465 e. The van der Waals surface area contributed by atoms with Crippen LogP contribution in [0.15, 0.2) is 54.7 Å². The second-order valence-electron chi connectivity index (χ2n) is 12.5. The normalized spacial score (nSPS) is 21.8. The molecule has 1 aromatic heterocycles. The Balaban J connectivity index is 0.969. The first-order valence-corrected chi connectivity index (χ1v) is 16.4. The summed E-state index contributed by atoms with van der Waals surface area (Å²) in [6.45, 7) is 2.98. The Labute approximate surface area is 268 Å². The number of amides is 2. The molecule has 2 amide bonds. The standard InChI is InChI=1S/C34H40ClFN6O3/c35-30-21-37-33(40-31(30)25-3-1-2-24(20-25)22-4-6-26(36)7-5-22)39-28-10-8-27(9-11-28)38-32(43)23-12-16-41(17-13-23)29-14-18-42(19-15-29)34(44)45/h1-7,20-21,23,27-29H,8-19H2,(H,38,43)(H,44,45)(H,37,39,40). The maximum Gasteiger partial charge on any atom is 0.407 e. The summed E-state index contributed by atoms with van der Waals surface area (Å²) in [6.07, 6.45) is 7.82. The highest BCUT2D eigenvalue weighted by Gasteiger charge is 2.33. The van der Waals surface area contributed by atoms with E-state index >= 15 is 0 Å². The number of carboxylic acid groups (broad SMARTS) is 1. The van der Waals surface area contributed by atoms with Crippen LogP contribution in [0.5, 0.6) is 0 Å². The maximum absolute atomic E-state index is 13.4. The minimum atomic E-state index is -0.830. The van der Waals surface area contributed by atoms with Crippen molar-refractivity contribution in [1.82, 2.24) is 25.1 Å². The molecule has 0 spiro atoms. The van der Waals surface area contributed by atoms with Crippen LogP contribution in [0.4, 0.5) is 15.1 Å². The number of hydrogen-bond acceptors (Lipinski definition) is 6. The Kier molecular flexibility index (Phi) is 9.80. The Morgan fingerprint density at radius 1 is 0.844 bits per heavy atom. The number of anilines is 1. The fraction of sp³-hybridized carbons (Fsp3) is 0.471. The number of rotatable bonds is 7.